The van der Waals surface area contributed by atoms with E-state index in [0.29, 0.717) is 16.1 Å². The Morgan fingerprint density at radius 3 is 2.05 bits per heavy atom. The molecule has 0 amide bonds. The summed E-state index contributed by atoms with van der Waals surface area (Å²) in [5.74, 6) is -0.171. The molecule has 0 aliphatic heterocycles. The van der Waals surface area contributed by atoms with E-state index in [1.807, 2.05) is 30.3 Å². The second-order valence-electron chi connectivity index (χ2n) is 7.79. The van der Waals surface area contributed by atoms with Crippen molar-refractivity contribution >= 4 is 42.7 Å². The van der Waals surface area contributed by atoms with E-state index < -0.39 is 36.8 Å². The standard InChI is InChI=1S/C10H10O2.6CH3.2Sn/c1-2-8-12-10(11)9-6-4-3-5-7-9;;;;;;;;/h2-7H,1,8H2;6*1H3;;. The fraction of sp³-hybridized carbons (Fsp3) is 0.562. The Bertz CT molecular complexity index is 430. The Morgan fingerprint density at radius 2 is 1.60 bits per heavy atom. The molecule has 0 saturated heterocycles. The Morgan fingerprint density at radius 1 is 1.05 bits per heavy atom. The van der Waals surface area contributed by atoms with Gasteiger partial charge in [-0.3, -0.25) is 0 Å². The minimum absolute atomic E-state index is 0.171. The molecule has 1 atom stereocenters. The van der Waals surface area contributed by atoms with Gasteiger partial charge in [-0.2, -0.15) is 0 Å². The van der Waals surface area contributed by atoms with Crippen LogP contribution in [0.2, 0.25) is 38.0 Å². The van der Waals surface area contributed by atoms with Gasteiger partial charge in [0, 0.05) is 0 Å². The van der Waals surface area contributed by atoms with Gasteiger partial charge in [-0.1, -0.05) is 0 Å². The summed E-state index contributed by atoms with van der Waals surface area (Å²) in [6.45, 7) is 0.626. The van der Waals surface area contributed by atoms with E-state index in [9.17, 15) is 4.79 Å². The van der Waals surface area contributed by atoms with Crippen molar-refractivity contribution in [2.75, 3.05) is 6.61 Å². The van der Waals surface area contributed by atoms with E-state index in [0.717, 1.165) is 0 Å². The second-order valence-corrected chi connectivity index (χ2v) is 39.4. The van der Waals surface area contributed by atoms with Crippen molar-refractivity contribution in [3.05, 3.63) is 35.9 Å². The average molecular weight is 490 g/mol. The molecule has 20 heavy (non-hydrogen) atoms. The fourth-order valence-electron chi connectivity index (χ4n) is 2.19. The van der Waals surface area contributed by atoms with E-state index >= 15 is 0 Å². The van der Waals surface area contributed by atoms with Gasteiger partial charge < -0.3 is 0 Å². The van der Waals surface area contributed by atoms with Crippen LogP contribution in [0.3, 0.4) is 0 Å². The summed E-state index contributed by atoms with van der Waals surface area (Å²) >= 11 is -3.88. The van der Waals surface area contributed by atoms with Gasteiger partial charge in [0.2, 0.25) is 0 Å². The molecule has 0 aliphatic carbocycles. The van der Waals surface area contributed by atoms with Crippen LogP contribution in [-0.4, -0.2) is 49.3 Å². The third-order valence-electron chi connectivity index (χ3n) is 3.51. The molecule has 1 unspecified atom stereocenters. The number of carbonyl (C=O) groups is 1. The van der Waals surface area contributed by atoms with Crippen LogP contribution in [0.1, 0.15) is 10.4 Å². The van der Waals surface area contributed by atoms with E-state index in [2.05, 4.69) is 29.6 Å². The van der Waals surface area contributed by atoms with Crippen molar-refractivity contribution in [1.82, 2.24) is 0 Å². The molecule has 0 heterocycles. The zero-order valence-electron chi connectivity index (χ0n) is 13.7. The third-order valence-corrected chi connectivity index (χ3v) is 19.8. The predicted molar refractivity (Wildman–Crippen MR) is 92.0 cm³/mol. The molecule has 0 spiro atoms. The molecule has 0 aromatic heterocycles. The quantitative estimate of drug-likeness (QED) is 0.420. The number of ether oxygens (including phenoxy) is 1. The number of hydrogen-bond donors (Lipinski definition) is 0. The summed E-state index contributed by atoms with van der Waals surface area (Å²) in [5.41, 5.74) is 0.662. The number of esters is 1. The Hall–Kier alpha value is 0.287. The van der Waals surface area contributed by atoms with E-state index in [1.54, 1.807) is 0 Å². The van der Waals surface area contributed by atoms with Gasteiger partial charge >= 0.3 is 133 Å². The Labute approximate surface area is 132 Å². The van der Waals surface area contributed by atoms with Gasteiger partial charge in [0.1, 0.15) is 0 Å². The summed E-state index contributed by atoms with van der Waals surface area (Å²) in [7, 11) is 0. The van der Waals surface area contributed by atoms with Crippen LogP contribution in [0.25, 0.3) is 0 Å². The molecule has 4 heteroatoms. The molecular weight excluding hydrogens is 462 g/mol. The van der Waals surface area contributed by atoms with Crippen LogP contribution in [0.15, 0.2) is 30.3 Å². The molecule has 0 aliphatic rings. The molecule has 1 aromatic rings. The molecule has 112 valence electrons. The van der Waals surface area contributed by atoms with Crippen molar-refractivity contribution in [2.24, 2.45) is 0 Å². The summed E-state index contributed by atoms with van der Waals surface area (Å²) in [6, 6.07) is 9.31. The molecular formula is C16H28O2Sn2. The van der Waals surface area contributed by atoms with Crippen molar-refractivity contribution in [3.63, 3.8) is 0 Å². The van der Waals surface area contributed by atoms with Gasteiger partial charge in [-0.25, -0.2) is 0 Å². The molecule has 1 rings (SSSR count). The zero-order valence-corrected chi connectivity index (χ0v) is 19.4. The van der Waals surface area contributed by atoms with Gasteiger partial charge in [0.15, 0.2) is 0 Å². The number of benzene rings is 1. The first-order valence-electron chi connectivity index (χ1n) is 7.32. The summed E-state index contributed by atoms with van der Waals surface area (Å²) in [4.78, 5) is 26.8. The topological polar surface area (TPSA) is 26.3 Å². The van der Waals surface area contributed by atoms with Gasteiger partial charge in [-0.05, 0) is 0 Å². The first-order valence-corrected chi connectivity index (χ1v) is 28.1. The van der Waals surface area contributed by atoms with Crippen molar-refractivity contribution in [2.45, 2.75) is 38.0 Å². The minimum atomic E-state index is -2.04. The van der Waals surface area contributed by atoms with Crippen LogP contribution < -0.4 is 0 Å². The molecule has 1 aromatic carbocycles. The summed E-state index contributed by atoms with van der Waals surface area (Å²) in [5, 5.41) is 0. The first-order chi connectivity index (χ1) is 9.09. The van der Waals surface area contributed by atoms with E-state index in [4.69, 9.17) is 4.74 Å². The molecule has 2 nitrogen and oxygen atoms in total. The van der Waals surface area contributed by atoms with Crippen LogP contribution in [0.5, 0.6) is 0 Å². The summed E-state index contributed by atoms with van der Waals surface area (Å²) in [6.07, 6.45) is 0. The Kier molecular flexibility index (Phi) is 6.89. The van der Waals surface area contributed by atoms with Gasteiger partial charge in [-0.15, -0.1) is 0 Å². The van der Waals surface area contributed by atoms with Crippen molar-refractivity contribution in [3.8, 4) is 0 Å². The SMILES string of the molecule is [CH3][Sn]([CH3])([CH3])[CH2][CH](COC(=O)c1ccccc1)[Sn]([CH3])([CH3])[CH3]. The molecule has 0 fully saturated rings. The van der Waals surface area contributed by atoms with Crippen LogP contribution in [0.4, 0.5) is 0 Å². The molecule has 0 saturated carbocycles. The normalized spacial score (nSPS) is 13.9. The molecule has 0 bridgehead atoms. The van der Waals surface area contributed by atoms with Crippen molar-refractivity contribution < 1.29 is 9.53 Å². The third kappa shape index (κ3) is 6.83. The average Bonchev–Trinajstić information content (AvgIpc) is 2.32. The predicted octanol–water partition coefficient (Wildman–Crippen LogP) is 4.89. The van der Waals surface area contributed by atoms with Crippen LogP contribution in [0, 0.1) is 0 Å². The maximum absolute atomic E-state index is 12.1. The zero-order chi connectivity index (χ0) is 15.4. The maximum atomic E-state index is 12.1. The van der Waals surface area contributed by atoms with Crippen LogP contribution in [-0.2, 0) is 4.74 Å². The fourth-order valence-corrected chi connectivity index (χ4v) is 33.6. The summed E-state index contributed by atoms with van der Waals surface area (Å²) < 4.78 is 7.61. The Balaban J connectivity index is 2.66. The van der Waals surface area contributed by atoms with E-state index in [-0.39, 0.29) is 5.97 Å². The monoisotopic (exact) mass is 492 g/mol. The van der Waals surface area contributed by atoms with E-state index in [1.165, 1.54) is 4.44 Å². The molecule has 0 N–H and O–H groups in total. The number of carbonyl (C=O) groups excluding carboxylic acids is 1. The van der Waals surface area contributed by atoms with Gasteiger partial charge in [0.05, 0.1) is 0 Å². The van der Waals surface area contributed by atoms with Crippen molar-refractivity contribution in [1.29, 1.82) is 0 Å². The first kappa shape index (κ1) is 18.3. The van der Waals surface area contributed by atoms with Crippen LogP contribution >= 0.6 is 0 Å². The molecule has 0 radical (unpaired) electrons. The number of hydrogen-bond acceptors (Lipinski definition) is 2. The second kappa shape index (κ2) is 7.52. The van der Waals surface area contributed by atoms with Gasteiger partial charge in [0.25, 0.3) is 0 Å². The number of rotatable bonds is 6.